The van der Waals surface area contributed by atoms with Gasteiger partial charge in [-0.25, -0.2) is 0 Å². The van der Waals surface area contributed by atoms with Crippen molar-refractivity contribution in [3.05, 3.63) is 29.8 Å². The van der Waals surface area contributed by atoms with Crippen molar-refractivity contribution in [3.8, 4) is 5.75 Å². The smallest absolute Gasteiger partial charge is 0.286 e. The average molecular weight is 330 g/mol. The van der Waals surface area contributed by atoms with Crippen LogP contribution in [0.1, 0.15) is 5.56 Å². The minimum absolute atomic E-state index is 0.204. The molecular weight excluding hydrogens is 318 g/mol. The topological polar surface area (TPSA) is 55.4 Å². The maximum absolute atomic E-state index is 11.4. The summed E-state index contributed by atoms with van der Waals surface area (Å²) in [6.45, 7) is 0.620. The molecule has 6 heteroatoms. The molecule has 1 heterocycles. The van der Waals surface area contributed by atoms with Crippen LogP contribution in [0.4, 0.5) is 4.79 Å². The van der Waals surface area contributed by atoms with E-state index in [1.807, 2.05) is 24.3 Å². The molecule has 1 aromatic rings. The molecule has 1 saturated heterocycles. The zero-order chi connectivity index (χ0) is 13.0. The second kappa shape index (κ2) is 6.24. The zero-order valence-corrected chi connectivity index (χ0v) is 11.9. The Balaban J connectivity index is 1.94. The van der Waals surface area contributed by atoms with Crippen LogP contribution in [0.25, 0.3) is 0 Å². The van der Waals surface area contributed by atoms with Crippen molar-refractivity contribution < 1.29 is 14.3 Å². The minimum atomic E-state index is -0.313. The van der Waals surface area contributed by atoms with Crippen LogP contribution >= 0.6 is 27.7 Å². The van der Waals surface area contributed by atoms with Gasteiger partial charge in [-0.1, -0.05) is 39.8 Å². The van der Waals surface area contributed by atoms with E-state index in [2.05, 4.69) is 21.2 Å². The number of thioether (sulfide) groups is 1. The van der Waals surface area contributed by atoms with Crippen molar-refractivity contribution in [2.75, 3.05) is 11.9 Å². The van der Waals surface area contributed by atoms with Crippen LogP contribution in [-0.2, 0) is 11.2 Å². The number of alkyl halides is 1. The van der Waals surface area contributed by atoms with Crippen molar-refractivity contribution in [2.24, 2.45) is 0 Å². The van der Waals surface area contributed by atoms with E-state index in [9.17, 15) is 9.59 Å². The lowest BCUT2D eigenvalue weighted by atomic mass is 10.1. The Morgan fingerprint density at radius 3 is 2.56 bits per heavy atom. The first kappa shape index (κ1) is 13.4. The summed E-state index contributed by atoms with van der Waals surface area (Å²) in [5.74, 6) is 0.599. The Hall–Kier alpha value is -1.01. The third-order valence-corrected chi connectivity index (χ3v) is 3.76. The number of rotatable bonds is 5. The number of hydrogen-bond donors (Lipinski definition) is 1. The highest BCUT2D eigenvalue weighted by molar-refractivity contribution is 9.09. The third-order valence-electron chi connectivity index (χ3n) is 2.46. The van der Waals surface area contributed by atoms with E-state index < -0.39 is 0 Å². The van der Waals surface area contributed by atoms with Gasteiger partial charge in [0.25, 0.3) is 5.24 Å². The monoisotopic (exact) mass is 329 g/mol. The quantitative estimate of drug-likeness (QED) is 0.842. The molecule has 1 aliphatic rings. The van der Waals surface area contributed by atoms with E-state index in [1.165, 1.54) is 0 Å². The number of carbonyl (C=O) groups is 2. The Morgan fingerprint density at radius 2 is 2.00 bits per heavy atom. The van der Waals surface area contributed by atoms with Crippen molar-refractivity contribution in [3.63, 3.8) is 0 Å². The molecule has 4 nitrogen and oxygen atoms in total. The van der Waals surface area contributed by atoms with E-state index in [1.54, 1.807) is 0 Å². The molecule has 0 spiro atoms. The number of hydrogen-bond acceptors (Lipinski definition) is 4. The molecule has 0 aliphatic carbocycles. The second-order valence-electron chi connectivity index (χ2n) is 3.77. The van der Waals surface area contributed by atoms with Crippen molar-refractivity contribution in [1.82, 2.24) is 5.32 Å². The van der Waals surface area contributed by atoms with Crippen LogP contribution < -0.4 is 10.1 Å². The molecule has 96 valence electrons. The molecule has 0 aromatic heterocycles. The van der Waals surface area contributed by atoms with Crippen molar-refractivity contribution in [1.29, 1.82) is 0 Å². The van der Waals surface area contributed by atoms with Crippen LogP contribution in [0.5, 0.6) is 5.75 Å². The maximum Gasteiger partial charge on any atom is 0.286 e. The zero-order valence-electron chi connectivity index (χ0n) is 9.52. The van der Waals surface area contributed by atoms with Gasteiger partial charge >= 0.3 is 0 Å². The van der Waals surface area contributed by atoms with Gasteiger partial charge in [0.2, 0.25) is 5.91 Å². The first-order valence-electron chi connectivity index (χ1n) is 5.48. The third kappa shape index (κ3) is 3.49. The van der Waals surface area contributed by atoms with Gasteiger partial charge in [0.05, 0.1) is 11.9 Å². The number of amides is 2. The lowest BCUT2D eigenvalue weighted by Gasteiger charge is -2.07. The summed E-state index contributed by atoms with van der Waals surface area (Å²) in [7, 11) is 0. The first-order chi connectivity index (χ1) is 8.69. The van der Waals surface area contributed by atoms with E-state index >= 15 is 0 Å². The molecule has 0 bridgehead atoms. The molecule has 18 heavy (non-hydrogen) atoms. The highest BCUT2D eigenvalue weighted by Gasteiger charge is 2.31. The standard InChI is InChI=1S/C12H12BrNO3S/c13-5-6-17-9-3-1-8(2-4-9)7-10-11(15)14-12(16)18-10/h1-4,10H,5-7H2,(H,14,15,16). The van der Waals surface area contributed by atoms with Gasteiger partial charge in [0.1, 0.15) is 5.75 Å². The normalized spacial score (nSPS) is 18.8. The van der Waals surface area contributed by atoms with Gasteiger partial charge in [-0.3, -0.25) is 14.9 Å². The van der Waals surface area contributed by atoms with Crippen molar-refractivity contribution >= 4 is 38.8 Å². The lowest BCUT2D eigenvalue weighted by molar-refractivity contribution is -0.118. The molecule has 0 radical (unpaired) electrons. The Labute approximate surface area is 118 Å². The molecule has 1 atom stereocenters. The molecule has 0 saturated carbocycles. The van der Waals surface area contributed by atoms with Gasteiger partial charge in [0, 0.05) is 5.33 Å². The molecule has 1 N–H and O–H groups in total. The van der Waals surface area contributed by atoms with Crippen LogP contribution in [0.2, 0.25) is 0 Å². The first-order valence-corrected chi connectivity index (χ1v) is 7.48. The average Bonchev–Trinajstić information content (AvgIpc) is 2.67. The summed E-state index contributed by atoms with van der Waals surface area (Å²) < 4.78 is 5.43. The summed E-state index contributed by atoms with van der Waals surface area (Å²) in [5.41, 5.74) is 1.02. The molecule has 2 rings (SSSR count). The number of nitrogens with one attached hydrogen (secondary N) is 1. The van der Waals surface area contributed by atoms with Gasteiger partial charge < -0.3 is 4.74 Å². The minimum Gasteiger partial charge on any atom is -0.493 e. The predicted octanol–water partition coefficient (Wildman–Crippen LogP) is 2.35. The van der Waals surface area contributed by atoms with Gasteiger partial charge in [-0.15, -0.1) is 0 Å². The predicted molar refractivity (Wildman–Crippen MR) is 74.4 cm³/mol. The van der Waals surface area contributed by atoms with Gasteiger partial charge in [-0.05, 0) is 24.1 Å². The number of carbonyl (C=O) groups excluding carboxylic acids is 2. The highest BCUT2D eigenvalue weighted by Crippen LogP contribution is 2.23. The van der Waals surface area contributed by atoms with E-state index in [0.717, 1.165) is 28.4 Å². The van der Waals surface area contributed by atoms with Gasteiger partial charge in [-0.2, -0.15) is 0 Å². The number of halogens is 1. The van der Waals surface area contributed by atoms with E-state index in [0.29, 0.717) is 13.0 Å². The number of imide groups is 1. The molecule has 1 aromatic carbocycles. The summed E-state index contributed by atoms with van der Waals surface area (Å²) in [4.78, 5) is 22.4. The number of ether oxygens (including phenoxy) is 1. The highest BCUT2D eigenvalue weighted by atomic mass is 79.9. The van der Waals surface area contributed by atoms with Crippen LogP contribution in [-0.4, -0.2) is 28.3 Å². The SMILES string of the molecule is O=C1NC(=O)C(Cc2ccc(OCCBr)cc2)S1. The largest absolute Gasteiger partial charge is 0.493 e. The molecule has 1 unspecified atom stereocenters. The van der Waals surface area contributed by atoms with E-state index in [-0.39, 0.29) is 16.4 Å². The van der Waals surface area contributed by atoms with Crippen LogP contribution in [0.3, 0.4) is 0 Å². The second-order valence-corrected chi connectivity index (χ2v) is 5.74. The summed E-state index contributed by atoms with van der Waals surface area (Å²) >= 11 is 4.34. The summed E-state index contributed by atoms with van der Waals surface area (Å²) in [6.07, 6.45) is 0.557. The van der Waals surface area contributed by atoms with Crippen LogP contribution in [0, 0.1) is 0 Å². The van der Waals surface area contributed by atoms with Crippen molar-refractivity contribution in [2.45, 2.75) is 11.7 Å². The Bertz CT molecular complexity index is 449. The van der Waals surface area contributed by atoms with Gasteiger partial charge in [0.15, 0.2) is 0 Å². The Morgan fingerprint density at radius 1 is 1.28 bits per heavy atom. The fourth-order valence-electron chi connectivity index (χ4n) is 1.62. The fraction of sp³-hybridized carbons (Fsp3) is 0.333. The molecule has 2 amide bonds. The summed E-state index contributed by atoms with van der Waals surface area (Å²) in [5, 5.41) is 2.49. The molecular formula is C12H12BrNO3S. The lowest BCUT2D eigenvalue weighted by Crippen LogP contribution is -2.25. The fourth-order valence-corrected chi connectivity index (χ4v) is 2.64. The maximum atomic E-state index is 11.4. The number of benzene rings is 1. The molecule has 1 aliphatic heterocycles. The summed E-state index contributed by atoms with van der Waals surface area (Å²) in [6, 6.07) is 7.58. The Kier molecular flexibility index (Phi) is 4.66. The van der Waals surface area contributed by atoms with E-state index in [4.69, 9.17) is 4.74 Å². The molecule has 1 fully saturated rings. The van der Waals surface area contributed by atoms with Crippen LogP contribution in [0.15, 0.2) is 24.3 Å².